The van der Waals surface area contributed by atoms with Gasteiger partial charge in [-0.2, -0.15) is 0 Å². The van der Waals surface area contributed by atoms with Crippen molar-refractivity contribution in [2.45, 2.75) is 12.8 Å². The van der Waals surface area contributed by atoms with Crippen molar-refractivity contribution < 1.29 is 38.7 Å². The minimum atomic E-state index is -1.24. The van der Waals surface area contributed by atoms with Crippen molar-refractivity contribution in [3.63, 3.8) is 0 Å². The van der Waals surface area contributed by atoms with E-state index in [1.165, 1.54) is 62.2 Å². The molecule has 0 fully saturated rings. The van der Waals surface area contributed by atoms with Gasteiger partial charge in [-0.25, -0.2) is 19.7 Å². The molecule has 5 aromatic rings. The molecule has 0 aliphatic heterocycles. The summed E-state index contributed by atoms with van der Waals surface area (Å²) in [6.45, 7) is -0.0463. The molecule has 55 heavy (non-hydrogen) atoms. The van der Waals surface area contributed by atoms with Crippen LogP contribution in [0.5, 0.6) is 0 Å². The van der Waals surface area contributed by atoms with Crippen molar-refractivity contribution in [3.8, 4) is 0 Å². The molecule has 0 aliphatic carbocycles. The number of aromatic carboxylic acids is 1. The SMILES string of the molecule is Cn1cc(NC(=O)c2nc(NC(=O)CCNC(=O)c3cc(NC(=O)c4nccn4C)cn3C)cn2C)cc1C(=O)NCCC(=O)Nc1cn(C)c(C(=O)O)n1. The van der Waals surface area contributed by atoms with Gasteiger partial charge in [0.1, 0.15) is 11.4 Å². The summed E-state index contributed by atoms with van der Waals surface area (Å²) in [5.41, 5.74) is 1.12. The molecule has 6 amide bonds. The summed E-state index contributed by atoms with van der Waals surface area (Å²) < 4.78 is 7.23. The average molecular weight is 759 g/mol. The molecule has 22 nitrogen and oxygen atoms in total. The van der Waals surface area contributed by atoms with Crippen molar-refractivity contribution in [1.29, 1.82) is 0 Å². The van der Waals surface area contributed by atoms with Crippen LogP contribution in [-0.4, -0.2) is 97.4 Å². The Labute approximate surface area is 311 Å². The Hall–Kier alpha value is -7.52. The monoisotopic (exact) mass is 758 g/mol. The second-order valence-electron chi connectivity index (χ2n) is 12.3. The largest absolute Gasteiger partial charge is 0.475 e. The third kappa shape index (κ3) is 9.48. The van der Waals surface area contributed by atoms with Crippen LogP contribution >= 0.6 is 0 Å². The Morgan fingerprint density at radius 1 is 0.564 bits per heavy atom. The normalized spacial score (nSPS) is 10.8. The number of carbonyl (C=O) groups is 7. The standard InChI is InChI=1S/C33H38N14O8/c1-43-11-10-34-26(43)31(52)37-18-12-20(44(2)14-18)29(50)35-8-6-24(48)39-22-16-46(4)27(41-22)32(53)38-19-13-21(45(3)15-19)30(51)36-9-7-25(49)40-23-17-47(5)28(42-23)33(54)55/h10-17H,6-9H2,1-5H3,(H,35,50)(H,36,51)(H,37,52)(H,38,53)(H,39,48)(H,40,49)(H,54,55). The Balaban J connectivity index is 1.06. The number of imidazole rings is 3. The van der Waals surface area contributed by atoms with Crippen LogP contribution in [0.2, 0.25) is 0 Å². The molecule has 0 radical (unpaired) electrons. The van der Waals surface area contributed by atoms with Gasteiger partial charge in [0, 0.05) is 98.4 Å². The molecule has 5 heterocycles. The quantitative estimate of drug-likeness (QED) is 0.0762. The highest BCUT2D eigenvalue weighted by molar-refractivity contribution is 6.04. The lowest BCUT2D eigenvalue weighted by atomic mass is 10.3. The molecule has 0 spiro atoms. The van der Waals surface area contributed by atoms with E-state index < -0.39 is 41.4 Å². The molecular weight excluding hydrogens is 720 g/mol. The van der Waals surface area contributed by atoms with Gasteiger partial charge in [-0.15, -0.1) is 0 Å². The summed E-state index contributed by atoms with van der Waals surface area (Å²) >= 11 is 0. The van der Waals surface area contributed by atoms with E-state index in [9.17, 15) is 33.6 Å². The number of carbonyl (C=O) groups excluding carboxylic acids is 6. The average Bonchev–Trinajstić information content (AvgIpc) is 3.93. The molecule has 0 aliphatic rings. The van der Waals surface area contributed by atoms with Gasteiger partial charge in [0.2, 0.25) is 23.5 Å². The molecule has 0 saturated carbocycles. The minimum absolute atomic E-state index is 0.0113. The van der Waals surface area contributed by atoms with Crippen LogP contribution in [-0.2, 0) is 44.8 Å². The van der Waals surface area contributed by atoms with Crippen LogP contribution in [0.3, 0.4) is 0 Å². The maximum atomic E-state index is 13.0. The van der Waals surface area contributed by atoms with E-state index in [-0.39, 0.29) is 72.1 Å². The number of hydrogen-bond donors (Lipinski definition) is 7. The van der Waals surface area contributed by atoms with Crippen LogP contribution in [0.25, 0.3) is 0 Å². The van der Waals surface area contributed by atoms with Gasteiger partial charge in [0.15, 0.2) is 17.5 Å². The van der Waals surface area contributed by atoms with E-state index in [0.717, 1.165) is 0 Å². The summed E-state index contributed by atoms with van der Waals surface area (Å²) in [5, 5.41) is 24.8. The molecule has 5 aromatic heterocycles. The third-order valence-corrected chi connectivity index (χ3v) is 7.97. The lowest BCUT2D eigenvalue weighted by Gasteiger charge is -2.06. The number of anilines is 4. The molecular formula is C33H38N14O8. The summed E-state index contributed by atoms with van der Waals surface area (Å²) in [4.78, 5) is 99.1. The Kier molecular flexibility index (Phi) is 11.6. The number of hydrogen-bond acceptors (Lipinski definition) is 10. The maximum Gasteiger partial charge on any atom is 0.372 e. The summed E-state index contributed by atoms with van der Waals surface area (Å²) in [6.07, 6.45) is 8.79. The first-order chi connectivity index (χ1) is 26.1. The zero-order valence-electron chi connectivity index (χ0n) is 30.3. The Bertz CT molecular complexity index is 2310. The van der Waals surface area contributed by atoms with E-state index >= 15 is 0 Å². The highest BCUT2D eigenvalue weighted by Gasteiger charge is 2.20. The van der Waals surface area contributed by atoms with Gasteiger partial charge in [-0.3, -0.25) is 28.8 Å². The van der Waals surface area contributed by atoms with Crippen molar-refractivity contribution in [2.24, 2.45) is 35.2 Å². The van der Waals surface area contributed by atoms with E-state index in [1.54, 1.807) is 45.2 Å². The van der Waals surface area contributed by atoms with Crippen molar-refractivity contribution >= 4 is 64.4 Å². The van der Waals surface area contributed by atoms with Gasteiger partial charge in [0.25, 0.3) is 23.6 Å². The number of nitrogens with one attached hydrogen (secondary N) is 6. The van der Waals surface area contributed by atoms with Gasteiger partial charge in [0.05, 0.1) is 11.4 Å². The molecule has 7 N–H and O–H groups in total. The zero-order chi connectivity index (χ0) is 40.0. The van der Waals surface area contributed by atoms with E-state index in [0.29, 0.717) is 5.69 Å². The number of aromatic nitrogens is 8. The second kappa shape index (κ2) is 16.4. The van der Waals surface area contributed by atoms with E-state index in [4.69, 9.17) is 5.11 Å². The van der Waals surface area contributed by atoms with Crippen molar-refractivity contribution in [3.05, 3.63) is 78.2 Å². The topological polar surface area (TPSA) is 275 Å². The lowest BCUT2D eigenvalue weighted by Crippen LogP contribution is -2.29. The second-order valence-corrected chi connectivity index (χ2v) is 12.3. The smallest absolute Gasteiger partial charge is 0.372 e. The predicted molar refractivity (Wildman–Crippen MR) is 194 cm³/mol. The fourth-order valence-corrected chi connectivity index (χ4v) is 5.31. The molecule has 0 atom stereocenters. The number of amides is 6. The summed E-state index contributed by atoms with van der Waals surface area (Å²) in [7, 11) is 7.95. The number of carboxylic acids is 1. The third-order valence-electron chi connectivity index (χ3n) is 7.97. The summed E-state index contributed by atoms with van der Waals surface area (Å²) in [6, 6.07) is 2.93. The van der Waals surface area contributed by atoms with Crippen LogP contribution in [0, 0.1) is 0 Å². The number of nitrogens with zero attached hydrogens (tertiary/aromatic N) is 8. The number of carboxylic acid groups (broad SMARTS) is 1. The first kappa shape index (κ1) is 38.7. The molecule has 22 heteroatoms. The van der Waals surface area contributed by atoms with Crippen LogP contribution < -0.4 is 31.9 Å². The molecule has 0 unspecified atom stereocenters. The molecule has 0 bridgehead atoms. The van der Waals surface area contributed by atoms with Gasteiger partial charge >= 0.3 is 5.97 Å². The number of rotatable bonds is 15. The van der Waals surface area contributed by atoms with Gasteiger partial charge < -0.3 is 59.8 Å². The Morgan fingerprint density at radius 2 is 1.02 bits per heavy atom. The van der Waals surface area contributed by atoms with Crippen molar-refractivity contribution in [2.75, 3.05) is 34.4 Å². The lowest BCUT2D eigenvalue weighted by molar-refractivity contribution is -0.116. The van der Waals surface area contributed by atoms with Crippen LogP contribution in [0.15, 0.2) is 49.3 Å². The minimum Gasteiger partial charge on any atom is -0.475 e. The fraction of sp³-hybridized carbons (Fsp3) is 0.273. The molecule has 0 saturated heterocycles. The number of aryl methyl sites for hydroxylation is 5. The maximum absolute atomic E-state index is 13.0. The Morgan fingerprint density at radius 3 is 1.45 bits per heavy atom. The predicted octanol–water partition coefficient (Wildman–Crippen LogP) is 0.284. The first-order valence-electron chi connectivity index (χ1n) is 16.5. The molecule has 0 aromatic carbocycles. The van der Waals surface area contributed by atoms with Gasteiger partial charge in [-0.05, 0) is 12.1 Å². The van der Waals surface area contributed by atoms with Crippen molar-refractivity contribution in [1.82, 2.24) is 48.4 Å². The molecule has 288 valence electrons. The summed E-state index contributed by atoms with van der Waals surface area (Å²) in [5.74, 6) is -4.16. The van der Waals surface area contributed by atoms with Gasteiger partial charge in [-0.1, -0.05) is 0 Å². The van der Waals surface area contributed by atoms with Crippen LogP contribution in [0.1, 0.15) is 65.7 Å². The first-order valence-corrected chi connectivity index (χ1v) is 16.5. The fourth-order valence-electron chi connectivity index (χ4n) is 5.31. The highest BCUT2D eigenvalue weighted by atomic mass is 16.4. The van der Waals surface area contributed by atoms with Crippen LogP contribution in [0.4, 0.5) is 23.0 Å². The van der Waals surface area contributed by atoms with E-state index in [2.05, 4.69) is 46.9 Å². The molecule has 5 rings (SSSR count). The highest BCUT2D eigenvalue weighted by Crippen LogP contribution is 2.17. The zero-order valence-corrected chi connectivity index (χ0v) is 30.3. The van der Waals surface area contributed by atoms with E-state index in [1.807, 2.05) is 0 Å².